The number of sulfonamides is 1. The quantitative estimate of drug-likeness (QED) is 0.0593. The first-order valence-electron chi connectivity index (χ1n) is 19.2. The average Bonchev–Trinajstić information content (AvgIpc) is 3.71. The molecule has 1 aliphatic rings. The molecule has 1 aromatic heterocycles. The molecule has 6 aromatic rings. The normalized spacial score (nSPS) is 13.8. The van der Waals surface area contributed by atoms with Crippen molar-refractivity contribution in [2.24, 2.45) is 5.92 Å². The molecule has 1 aliphatic heterocycles. The number of ether oxygens (including phenoxy) is 2. The van der Waals surface area contributed by atoms with Gasteiger partial charge < -0.3 is 30.4 Å². The molecule has 61 heavy (non-hydrogen) atoms. The van der Waals surface area contributed by atoms with Crippen molar-refractivity contribution in [1.29, 1.82) is 0 Å². The fourth-order valence-electron chi connectivity index (χ4n) is 6.83. The zero-order chi connectivity index (χ0) is 43.2. The number of fused-ring (bicyclic) bond motifs is 1. The average molecular weight is 896 g/mol. The van der Waals surface area contributed by atoms with Crippen molar-refractivity contribution in [3.8, 4) is 22.6 Å². The van der Waals surface area contributed by atoms with E-state index in [2.05, 4.69) is 20.9 Å². The summed E-state index contributed by atoms with van der Waals surface area (Å²) < 4.78 is 108. The van der Waals surface area contributed by atoms with Crippen LogP contribution in [0.4, 0.5) is 24.5 Å². The van der Waals surface area contributed by atoms with Gasteiger partial charge in [-0.3, -0.25) is 4.79 Å². The van der Waals surface area contributed by atoms with Crippen LogP contribution in [-0.2, 0) is 31.1 Å². The Hall–Kier alpha value is -5.59. The van der Waals surface area contributed by atoms with Crippen LogP contribution in [-0.4, -0.2) is 66.1 Å². The van der Waals surface area contributed by atoms with Gasteiger partial charge in [0.2, 0.25) is 0 Å². The highest BCUT2D eigenvalue weighted by molar-refractivity contribution is 7.92. The van der Waals surface area contributed by atoms with Crippen molar-refractivity contribution in [1.82, 2.24) is 15.0 Å². The number of hydrogen-bond acceptors (Lipinski definition) is 10. The number of rotatable bonds is 16. The van der Waals surface area contributed by atoms with Gasteiger partial charge in [-0.2, -0.15) is 13.2 Å². The van der Waals surface area contributed by atoms with Crippen LogP contribution in [0.3, 0.4) is 0 Å². The molecule has 18 heteroatoms. The number of nitrogens with one attached hydrogen (secondary N) is 5. The van der Waals surface area contributed by atoms with E-state index in [4.69, 9.17) is 21.1 Å². The first kappa shape index (κ1) is 43.5. The number of H-pyrrole nitrogens is 1. The molecular formula is C43H41ClF3N5O7S2. The van der Waals surface area contributed by atoms with Gasteiger partial charge in [-0.05, 0) is 102 Å². The molecule has 0 spiro atoms. The van der Waals surface area contributed by atoms with Gasteiger partial charge in [-0.25, -0.2) is 21.6 Å². The van der Waals surface area contributed by atoms with Crippen LogP contribution < -0.4 is 25.4 Å². The van der Waals surface area contributed by atoms with Gasteiger partial charge in [0, 0.05) is 73.3 Å². The number of carbonyl (C=O) groups excluding carboxylic acids is 1. The summed E-state index contributed by atoms with van der Waals surface area (Å²) in [6, 6.07) is 29.2. The van der Waals surface area contributed by atoms with Crippen molar-refractivity contribution in [2.45, 2.75) is 34.7 Å². The lowest BCUT2D eigenvalue weighted by Gasteiger charge is -2.23. The predicted molar refractivity (Wildman–Crippen MR) is 228 cm³/mol. The number of aromatic nitrogens is 1. The summed E-state index contributed by atoms with van der Waals surface area (Å²) >= 11 is 6.08. The number of benzene rings is 5. The number of anilines is 2. The number of aromatic amines is 1. The van der Waals surface area contributed by atoms with Crippen molar-refractivity contribution >= 4 is 59.6 Å². The molecule has 7 rings (SSSR count). The maximum atomic E-state index is 13.9. The molecule has 5 aromatic carbocycles. The van der Waals surface area contributed by atoms with Crippen LogP contribution in [0.1, 0.15) is 28.8 Å². The van der Waals surface area contributed by atoms with Crippen molar-refractivity contribution in [3.63, 3.8) is 0 Å². The highest BCUT2D eigenvalue weighted by Gasteiger charge is 2.48. The molecule has 320 valence electrons. The van der Waals surface area contributed by atoms with E-state index in [9.17, 15) is 34.8 Å². The Morgan fingerprint density at radius 2 is 1.62 bits per heavy atom. The second kappa shape index (κ2) is 18.6. The van der Waals surface area contributed by atoms with Crippen LogP contribution >= 0.6 is 11.6 Å². The summed E-state index contributed by atoms with van der Waals surface area (Å²) in [5.74, 6) is -0.891. The highest BCUT2D eigenvalue weighted by Crippen LogP contribution is 2.37. The molecule has 5 N–H and O–H groups in total. The molecule has 12 nitrogen and oxygen atoms in total. The molecule has 1 saturated heterocycles. The second-order valence-electron chi connectivity index (χ2n) is 14.3. The van der Waals surface area contributed by atoms with E-state index in [1.165, 1.54) is 12.1 Å². The summed E-state index contributed by atoms with van der Waals surface area (Å²) in [4.78, 5) is 14.7. The molecule has 0 saturated carbocycles. The first-order valence-corrected chi connectivity index (χ1v) is 22.5. The molecular weight excluding hydrogens is 855 g/mol. The van der Waals surface area contributed by atoms with E-state index in [0.717, 1.165) is 39.7 Å². The molecule has 2 heterocycles. The second-order valence-corrected chi connectivity index (χ2v) is 18.3. The van der Waals surface area contributed by atoms with E-state index in [1.54, 1.807) is 30.5 Å². The van der Waals surface area contributed by atoms with Gasteiger partial charge in [0.1, 0.15) is 16.4 Å². The van der Waals surface area contributed by atoms with Gasteiger partial charge in [-0.1, -0.05) is 48.0 Å². The summed E-state index contributed by atoms with van der Waals surface area (Å²) in [5.41, 5.74) is -1.84. The minimum Gasteiger partial charge on any atom is -0.456 e. The maximum Gasteiger partial charge on any atom is 0.501 e. The van der Waals surface area contributed by atoms with Crippen molar-refractivity contribution in [3.05, 3.63) is 132 Å². The number of carbonyl (C=O) groups is 1. The molecule has 0 bridgehead atoms. The van der Waals surface area contributed by atoms with Crippen molar-refractivity contribution in [2.75, 3.05) is 43.5 Å². The lowest BCUT2D eigenvalue weighted by Crippen LogP contribution is -2.31. The molecule has 0 aliphatic carbocycles. The van der Waals surface area contributed by atoms with E-state index >= 15 is 0 Å². The number of halogens is 4. The van der Waals surface area contributed by atoms with Crippen LogP contribution in [0.15, 0.2) is 125 Å². The summed E-state index contributed by atoms with van der Waals surface area (Å²) in [5, 5.41) is 10.9. The number of alkyl halides is 3. The third-order valence-electron chi connectivity index (χ3n) is 10.1. The standard InChI is InChI=1S/C43H41ClF3N5O7S2/c44-32-7-5-29(6-8-32)36-4-2-1-3-31(36)27-48-19-20-49-33-9-12-37(40(24-33)59-34-10-13-38-30(23-34)15-18-50-38)42(53)52-61(56,57)35-11-14-39(51-26-28-16-21-58-22-17-28)41(25-35)60(54,55)43(45,46)47/h1-15,18,23-25,28,48-51H,16-17,19-22,26-27H2,(H,52,53). The summed E-state index contributed by atoms with van der Waals surface area (Å²) in [6.07, 6.45) is 2.96. The van der Waals surface area contributed by atoms with Crippen LogP contribution in [0.25, 0.3) is 22.0 Å². The Balaban J connectivity index is 1.09. The minimum absolute atomic E-state index is 0.00744. The largest absolute Gasteiger partial charge is 0.501 e. The van der Waals surface area contributed by atoms with Crippen molar-refractivity contribution < 1.29 is 44.3 Å². The van der Waals surface area contributed by atoms with Gasteiger partial charge >= 0.3 is 5.51 Å². The molecule has 0 radical (unpaired) electrons. The van der Waals surface area contributed by atoms with Gasteiger partial charge in [-0.15, -0.1) is 0 Å². The van der Waals surface area contributed by atoms with E-state index in [-0.39, 0.29) is 23.8 Å². The molecule has 0 atom stereocenters. The smallest absolute Gasteiger partial charge is 0.456 e. The third kappa shape index (κ3) is 10.5. The lowest BCUT2D eigenvalue weighted by molar-refractivity contribution is -0.0435. The van der Waals surface area contributed by atoms with Gasteiger partial charge in [0.05, 0.1) is 16.1 Å². The fraction of sp³-hybridized carbons (Fsp3) is 0.233. The Labute approximate surface area is 355 Å². The lowest BCUT2D eigenvalue weighted by atomic mass is 10.00. The zero-order valence-corrected chi connectivity index (χ0v) is 34.8. The molecule has 1 amide bonds. The Bertz CT molecular complexity index is 2740. The topological polar surface area (TPSA) is 168 Å². The fourth-order valence-corrected chi connectivity index (χ4v) is 8.99. The van der Waals surface area contributed by atoms with Crippen LogP contribution in [0, 0.1) is 5.92 Å². The number of hydrogen-bond donors (Lipinski definition) is 5. The summed E-state index contributed by atoms with van der Waals surface area (Å²) in [6.45, 7) is 2.58. The monoisotopic (exact) mass is 895 g/mol. The number of amides is 1. The van der Waals surface area contributed by atoms with Gasteiger partial charge in [0.25, 0.3) is 25.8 Å². The van der Waals surface area contributed by atoms with E-state index in [1.807, 2.05) is 59.3 Å². The summed E-state index contributed by atoms with van der Waals surface area (Å²) in [7, 11) is -11.0. The minimum atomic E-state index is -6.02. The SMILES string of the molecule is O=C(NS(=O)(=O)c1ccc(NCC2CCOCC2)c(S(=O)(=O)C(F)(F)F)c1)c1ccc(NCCNCc2ccccc2-c2ccc(Cl)cc2)cc1Oc1ccc2[nH]ccc2c1. The maximum absolute atomic E-state index is 13.9. The van der Waals surface area contributed by atoms with E-state index < -0.39 is 46.8 Å². The molecule has 1 fully saturated rings. The third-order valence-corrected chi connectivity index (χ3v) is 13.2. The first-order chi connectivity index (χ1) is 29.2. The Morgan fingerprint density at radius 3 is 2.39 bits per heavy atom. The number of sulfone groups is 1. The Kier molecular flexibility index (Phi) is 13.2. The molecule has 0 unspecified atom stereocenters. The van der Waals surface area contributed by atoms with Gasteiger partial charge in [0.15, 0.2) is 0 Å². The Morgan fingerprint density at radius 1 is 0.852 bits per heavy atom. The predicted octanol–water partition coefficient (Wildman–Crippen LogP) is 8.73. The highest BCUT2D eigenvalue weighted by atomic mass is 35.5. The van der Waals surface area contributed by atoms with Crippen LogP contribution in [0.2, 0.25) is 5.02 Å². The van der Waals surface area contributed by atoms with E-state index in [0.29, 0.717) is 68.2 Å². The van der Waals surface area contributed by atoms with Crippen LogP contribution in [0.5, 0.6) is 11.5 Å². The zero-order valence-electron chi connectivity index (χ0n) is 32.4.